The lowest BCUT2D eigenvalue weighted by Gasteiger charge is -2.40. The number of hydrazine groups is 1. The van der Waals surface area contributed by atoms with Gasteiger partial charge in [0.15, 0.2) is 0 Å². The molecule has 6 heteroatoms. The molecule has 0 amide bonds. The Morgan fingerprint density at radius 1 is 1.35 bits per heavy atom. The van der Waals surface area contributed by atoms with Gasteiger partial charge in [-0.25, -0.2) is 15.8 Å². The summed E-state index contributed by atoms with van der Waals surface area (Å²) in [4.78, 5) is 8.72. The van der Waals surface area contributed by atoms with Crippen LogP contribution >= 0.6 is 0 Å². The first-order valence-corrected chi connectivity index (χ1v) is 7.20. The predicted octanol–water partition coefficient (Wildman–Crippen LogP) is 1.73. The molecule has 0 radical (unpaired) electrons. The number of aryl methyl sites for hydroxylation is 1. The third-order valence-corrected chi connectivity index (χ3v) is 4.17. The zero-order valence-corrected chi connectivity index (χ0v) is 12.5. The molecule has 2 unspecified atom stereocenters. The van der Waals surface area contributed by atoms with Gasteiger partial charge in [-0.1, -0.05) is 19.8 Å². The number of hydrogen-bond acceptors (Lipinski definition) is 6. The Morgan fingerprint density at radius 3 is 2.65 bits per heavy atom. The largest absolute Gasteiger partial charge is 0.394 e. The van der Waals surface area contributed by atoms with Crippen molar-refractivity contribution in [2.24, 2.45) is 11.8 Å². The van der Waals surface area contributed by atoms with Gasteiger partial charge in [-0.05, 0) is 32.6 Å². The normalized spacial score (nSPS) is 26.4. The molecule has 2 atom stereocenters. The molecule has 1 saturated carbocycles. The van der Waals surface area contributed by atoms with Gasteiger partial charge in [0.05, 0.1) is 12.1 Å². The van der Waals surface area contributed by atoms with Crippen molar-refractivity contribution in [3.05, 3.63) is 11.4 Å². The van der Waals surface area contributed by atoms with Crippen molar-refractivity contribution in [1.29, 1.82) is 0 Å². The molecule has 112 valence electrons. The standard InChI is InChI=1S/C14H25N5O/c1-9-5-4-6-14(7-9,8-20)18-12-10(2)13(19-15)17-11(3)16-12/h9,20H,4-8,15H2,1-3H3,(H2,16,17,18,19). The number of nitrogens with two attached hydrogens (primary N) is 1. The predicted molar refractivity (Wildman–Crippen MR) is 80.4 cm³/mol. The highest BCUT2D eigenvalue weighted by atomic mass is 16.3. The van der Waals surface area contributed by atoms with Gasteiger partial charge < -0.3 is 15.8 Å². The van der Waals surface area contributed by atoms with Gasteiger partial charge in [0.2, 0.25) is 0 Å². The van der Waals surface area contributed by atoms with Crippen LogP contribution in [-0.2, 0) is 0 Å². The Bertz CT molecular complexity index is 479. The van der Waals surface area contributed by atoms with Crippen molar-refractivity contribution in [3.8, 4) is 0 Å². The molecule has 0 saturated heterocycles. The van der Waals surface area contributed by atoms with Crippen LogP contribution in [0.1, 0.15) is 44.0 Å². The first-order chi connectivity index (χ1) is 9.49. The van der Waals surface area contributed by atoms with E-state index in [-0.39, 0.29) is 12.1 Å². The van der Waals surface area contributed by atoms with Gasteiger partial charge in [0.25, 0.3) is 0 Å². The van der Waals surface area contributed by atoms with Gasteiger partial charge in [-0.15, -0.1) is 0 Å². The molecular formula is C14H25N5O. The van der Waals surface area contributed by atoms with Crippen LogP contribution in [0.5, 0.6) is 0 Å². The van der Waals surface area contributed by atoms with Crippen molar-refractivity contribution >= 4 is 11.6 Å². The van der Waals surface area contributed by atoms with E-state index in [4.69, 9.17) is 5.84 Å². The summed E-state index contributed by atoms with van der Waals surface area (Å²) in [5, 5.41) is 13.3. The minimum absolute atomic E-state index is 0.116. The number of nitrogen functional groups attached to an aromatic ring is 1. The Balaban J connectivity index is 2.29. The van der Waals surface area contributed by atoms with E-state index in [1.807, 2.05) is 13.8 Å². The lowest BCUT2D eigenvalue weighted by molar-refractivity contribution is 0.149. The van der Waals surface area contributed by atoms with Crippen LogP contribution in [0.15, 0.2) is 0 Å². The molecule has 0 bridgehead atoms. The monoisotopic (exact) mass is 279 g/mol. The Hall–Kier alpha value is -1.40. The molecule has 0 spiro atoms. The molecule has 1 aromatic heterocycles. The smallest absolute Gasteiger partial charge is 0.148 e. The summed E-state index contributed by atoms with van der Waals surface area (Å²) in [5.41, 5.74) is 3.20. The Labute approximate surface area is 120 Å². The lowest BCUT2D eigenvalue weighted by Crippen LogP contribution is -2.46. The second-order valence-corrected chi connectivity index (χ2v) is 6.00. The van der Waals surface area contributed by atoms with Crippen LogP contribution in [0.4, 0.5) is 11.6 Å². The maximum atomic E-state index is 9.86. The second kappa shape index (κ2) is 5.93. The average molecular weight is 279 g/mol. The van der Waals surface area contributed by atoms with E-state index in [9.17, 15) is 5.11 Å². The summed E-state index contributed by atoms with van der Waals surface area (Å²) in [6.07, 6.45) is 4.26. The van der Waals surface area contributed by atoms with E-state index < -0.39 is 0 Å². The summed E-state index contributed by atoms with van der Waals surface area (Å²) in [7, 11) is 0. The molecule has 0 aromatic carbocycles. The van der Waals surface area contributed by atoms with Crippen molar-refractivity contribution in [3.63, 3.8) is 0 Å². The average Bonchev–Trinajstić information content (AvgIpc) is 2.42. The number of aromatic nitrogens is 2. The first kappa shape index (κ1) is 15.0. The fourth-order valence-electron chi connectivity index (χ4n) is 3.10. The maximum absolute atomic E-state index is 9.86. The van der Waals surface area contributed by atoms with Crippen LogP contribution in [-0.4, -0.2) is 27.2 Å². The molecule has 0 aliphatic heterocycles. The van der Waals surface area contributed by atoms with Gasteiger partial charge >= 0.3 is 0 Å². The quantitative estimate of drug-likeness (QED) is 0.495. The summed E-state index contributed by atoms with van der Waals surface area (Å²) in [6.45, 7) is 6.11. The highest BCUT2D eigenvalue weighted by Gasteiger charge is 2.35. The van der Waals surface area contributed by atoms with E-state index in [2.05, 4.69) is 27.6 Å². The Morgan fingerprint density at radius 2 is 2.05 bits per heavy atom. The second-order valence-electron chi connectivity index (χ2n) is 6.00. The summed E-state index contributed by atoms with van der Waals surface area (Å²) < 4.78 is 0. The maximum Gasteiger partial charge on any atom is 0.148 e. The van der Waals surface area contributed by atoms with Crippen LogP contribution < -0.4 is 16.6 Å². The zero-order valence-electron chi connectivity index (χ0n) is 12.5. The van der Waals surface area contributed by atoms with Gasteiger partial charge in [0, 0.05) is 5.56 Å². The van der Waals surface area contributed by atoms with Crippen molar-refractivity contribution < 1.29 is 5.11 Å². The molecule has 1 aliphatic carbocycles. The topological polar surface area (TPSA) is 96.1 Å². The van der Waals surface area contributed by atoms with Gasteiger partial charge in [-0.3, -0.25) is 0 Å². The summed E-state index contributed by atoms with van der Waals surface area (Å²) in [5.74, 6) is 8.14. The van der Waals surface area contributed by atoms with Crippen molar-refractivity contribution in [2.75, 3.05) is 17.3 Å². The van der Waals surface area contributed by atoms with E-state index in [0.29, 0.717) is 17.6 Å². The van der Waals surface area contributed by atoms with E-state index in [1.54, 1.807) is 0 Å². The number of aliphatic hydroxyl groups excluding tert-OH is 1. The van der Waals surface area contributed by atoms with Crippen LogP contribution in [0.3, 0.4) is 0 Å². The number of nitrogens with zero attached hydrogens (tertiary/aromatic N) is 2. The molecule has 1 aromatic rings. The Kier molecular flexibility index (Phi) is 4.45. The third kappa shape index (κ3) is 3.02. The van der Waals surface area contributed by atoms with Gasteiger partial charge in [-0.2, -0.15) is 0 Å². The zero-order chi connectivity index (χ0) is 14.8. The molecular weight excluding hydrogens is 254 g/mol. The number of rotatable bonds is 4. The molecule has 2 rings (SSSR count). The van der Waals surface area contributed by atoms with Crippen molar-refractivity contribution in [1.82, 2.24) is 9.97 Å². The summed E-state index contributed by atoms with van der Waals surface area (Å²) >= 11 is 0. The molecule has 5 N–H and O–H groups in total. The minimum Gasteiger partial charge on any atom is -0.394 e. The lowest BCUT2D eigenvalue weighted by atomic mass is 9.77. The van der Waals surface area contributed by atoms with E-state index in [0.717, 1.165) is 30.6 Å². The molecule has 6 nitrogen and oxygen atoms in total. The van der Waals surface area contributed by atoms with Crippen LogP contribution in [0.2, 0.25) is 0 Å². The highest BCUT2D eigenvalue weighted by molar-refractivity contribution is 5.57. The van der Waals surface area contributed by atoms with Crippen molar-refractivity contribution in [2.45, 2.75) is 52.0 Å². The van der Waals surface area contributed by atoms with E-state index in [1.165, 1.54) is 6.42 Å². The van der Waals surface area contributed by atoms with Crippen LogP contribution in [0.25, 0.3) is 0 Å². The first-order valence-electron chi connectivity index (χ1n) is 7.20. The third-order valence-electron chi connectivity index (χ3n) is 4.17. The number of nitrogens with one attached hydrogen (secondary N) is 2. The molecule has 20 heavy (non-hydrogen) atoms. The number of hydrogen-bond donors (Lipinski definition) is 4. The molecule has 1 heterocycles. The van der Waals surface area contributed by atoms with Crippen LogP contribution in [0, 0.1) is 19.8 Å². The summed E-state index contributed by atoms with van der Waals surface area (Å²) in [6, 6.07) is 0. The van der Waals surface area contributed by atoms with Gasteiger partial charge in [0.1, 0.15) is 17.5 Å². The number of aliphatic hydroxyl groups is 1. The SMILES string of the molecule is Cc1nc(NN)c(C)c(NC2(CO)CCCC(C)C2)n1. The van der Waals surface area contributed by atoms with E-state index >= 15 is 0 Å². The fourth-order valence-corrected chi connectivity index (χ4v) is 3.10. The molecule has 1 aliphatic rings. The minimum atomic E-state index is -0.283. The molecule has 1 fully saturated rings. The fraction of sp³-hybridized carbons (Fsp3) is 0.714. The highest BCUT2D eigenvalue weighted by Crippen LogP contribution is 2.35. The number of anilines is 2.